The number of halogens is 1. The minimum Gasteiger partial charge on any atom is -0.381 e. The molecular formula is C12H14BrNO3. The van der Waals surface area contributed by atoms with E-state index in [1.54, 1.807) is 12.1 Å². The smallest absolute Gasteiger partial charge is 0.272 e. The number of hydrogen-bond donors (Lipinski definition) is 0. The monoisotopic (exact) mass is 299 g/mol. The molecule has 0 radical (unpaired) electrons. The molecule has 0 saturated carbocycles. The van der Waals surface area contributed by atoms with Crippen LogP contribution in [-0.4, -0.2) is 23.0 Å². The van der Waals surface area contributed by atoms with Crippen molar-refractivity contribution in [3.8, 4) is 0 Å². The third-order valence-corrected chi connectivity index (χ3v) is 4.26. The lowest BCUT2D eigenvalue weighted by atomic mass is 9.93. The van der Waals surface area contributed by atoms with Crippen molar-refractivity contribution < 1.29 is 9.66 Å². The van der Waals surface area contributed by atoms with Crippen molar-refractivity contribution in [2.24, 2.45) is 5.92 Å². The van der Waals surface area contributed by atoms with Crippen LogP contribution in [-0.2, 0) is 11.2 Å². The number of nitrogens with zero attached hydrogens (tertiary/aromatic N) is 1. The van der Waals surface area contributed by atoms with Crippen LogP contribution in [0.5, 0.6) is 0 Å². The largest absolute Gasteiger partial charge is 0.381 e. The van der Waals surface area contributed by atoms with Crippen LogP contribution in [0.4, 0.5) is 5.69 Å². The third-order valence-electron chi connectivity index (χ3n) is 3.05. The Kier molecular flexibility index (Phi) is 4.12. The van der Waals surface area contributed by atoms with E-state index in [0.29, 0.717) is 23.8 Å². The summed E-state index contributed by atoms with van der Waals surface area (Å²) in [5.74, 6) is 0.310. The zero-order valence-corrected chi connectivity index (χ0v) is 10.9. The normalized spacial score (nSPS) is 24.5. The van der Waals surface area contributed by atoms with Crippen molar-refractivity contribution in [3.05, 3.63) is 39.9 Å². The highest BCUT2D eigenvalue weighted by Gasteiger charge is 2.26. The Labute approximate surface area is 108 Å². The zero-order valence-electron chi connectivity index (χ0n) is 9.34. The molecule has 0 bridgehead atoms. The molecular weight excluding hydrogens is 286 g/mol. The van der Waals surface area contributed by atoms with E-state index >= 15 is 0 Å². The fourth-order valence-electron chi connectivity index (χ4n) is 2.10. The highest BCUT2D eigenvalue weighted by molar-refractivity contribution is 9.09. The van der Waals surface area contributed by atoms with Gasteiger partial charge in [0, 0.05) is 23.1 Å². The number of nitro groups is 1. The van der Waals surface area contributed by atoms with Gasteiger partial charge in [-0.1, -0.05) is 34.1 Å². The van der Waals surface area contributed by atoms with Crippen LogP contribution in [0.2, 0.25) is 0 Å². The molecule has 2 atom stereocenters. The van der Waals surface area contributed by atoms with E-state index in [1.807, 2.05) is 12.1 Å². The molecule has 1 fully saturated rings. The second kappa shape index (κ2) is 5.60. The van der Waals surface area contributed by atoms with Crippen LogP contribution in [0.15, 0.2) is 24.3 Å². The second-order valence-corrected chi connectivity index (χ2v) is 5.41. The summed E-state index contributed by atoms with van der Waals surface area (Å²) < 4.78 is 5.43. The van der Waals surface area contributed by atoms with E-state index in [9.17, 15) is 10.1 Å². The number of nitro benzene ring substituents is 1. The molecule has 1 aromatic carbocycles. The van der Waals surface area contributed by atoms with Gasteiger partial charge < -0.3 is 4.74 Å². The topological polar surface area (TPSA) is 52.4 Å². The maximum Gasteiger partial charge on any atom is 0.272 e. The van der Waals surface area contributed by atoms with Crippen LogP contribution in [0.1, 0.15) is 12.0 Å². The molecule has 1 saturated heterocycles. The first-order chi connectivity index (χ1) is 8.18. The third kappa shape index (κ3) is 3.04. The summed E-state index contributed by atoms with van der Waals surface area (Å²) in [5.41, 5.74) is 0.996. The highest BCUT2D eigenvalue weighted by atomic mass is 79.9. The molecule has 1 aliphatic heterocycles. The summed E-state index contributed by atoms with van der Waals surface area (Å²) in [4.78, 5) is 11.0. The fourth-order valence-corrected chi connectivity index (χ4v) is 2.63. The minimum absolute atomic E-state index is 0.206. The first-order valence-corrected chi connectivity index (χ1v) is 6.54. The standard InChI is InChI=1S/C12H14BrNO3/c13-11-5-6-17-8-10(11)7-9-3-1-2-4-12(9)14(15)16/h1-4,10-11H,5-8H2. The van der Waals surface area contributed by atoms with Gasteiger partial charge in [-0.05, 0) is 18.8 Å². The van der Waals surface area contributed by atoms with Gasteiger partial charge in [-0.2, -0.15) is 0 Å². The van der Waals surface area contributed by atoms with Gasteiger partial charge in [0.15, 0.2) is 0 Å². The average molecular weight is 300 g/mol. The molecule has 92 valence electrons. The number of benzene rings is 1. The molecule has 0 spiro atoms. The van der Waals surface area contributed by atoms with Gasteiger partial charge in [0.05, 0.1) is 11.5 Å². The van der Waals surface area contributed by atoms with Crippen LogP contribution in [0, 0.1) is 16.0 Å². The van der Waals surface area contributed by atoms with Gasteiger partial charge in [0.1, 0.15) is 0 Å². The summed E-state index contributed by atoms with van der Waals surface area (Å²) in [6.45, 7) is 1.44. The lowest BCUT2D eigenvalue weighted by Crippen LogP contribution is -2.29. The average Bonchev–Trinajstić information content (AvgIpc) is 2.32. The first-order valence-electron chi connectivity index (χ1n) is 5.62. The highest BCUT2D eigenvalue weighted by Crippen LogP contribution is 2.28. The van der Waals surface area contributed by atoms with E-state index in [-0.39, 0.29) is 10.6 Å². The molecule has 17 heavy (non-hydrogen) atoms. The molecule has 0 aliphatic carbocycles. The van der Waals surface area contributed by atoms with Crippen molar-refractivity contribution in [1.29, 1.82) is 0 Å². The Hall–Kier alpha value is -0.940. The van der Waals surface area contributed by atoms with Gasteiger partial charge >= 0.3 is 0 Å². The number of ether oxygens (including phenoxy) is 1. The number of hydrogen-bond acceptors (Lipinski definition) is 3. The van der Waals surface area contributed by atoms with E-state index in [4.69, 9.17) is 4.74 Å². The predicted molar refractivity (Wildman–Crippen MR) is 68.4 cm³/mol. The maximum absolute atomic E-state index is 10.9. The molecule has 2 unspecified atom stereocenters. The minimum atomic E-state index is -0.317. The Morgan fingerprint density at radius 1 is 1.47 bits per heavy atom. The van der Waals surface area contributed by atoms with E-state index < -0.39 is 0 Å². The van der Waals surface area contributed by atoms with Crippen molar-refractivity contribution in [2.75, 3.05) is 13.2 Å². The molecule has 4 nitrogen and oxygen atoms in total. The Morgan fingerprint density at radius 3 is 2.94 bits per heavy atom. The summed E-state index contributed by atoms with van der Waals surface area (Å²) >= 11 is 3.62. The van der Waals surface area contributed by atoms with Gasteiger partial charge in [-0.15, -0.1) is 0 Å². The van der Waals surface area contributed by atoms with Crippen LogP contribution < -0.4 is 0 Å². The van der Waals surface area contributed by atoms with Gasteiger partial charge in [0.2, 0.25) is 0 Å². The maximum atomic E-state index is 10.9. The molecule has 1 heterocycles. The summed E-state index contributed by atoms with van der Waals surface area (Å²) in [7, 11) is 0. The quantitative estimate of drug-likeness (QED) is 0.490. The number of para-hydroxylation sites is 1. The molecule has 0 N–H and O–H groups in total. The molecule has 1 aliphatic rings. The van der Waals surface area contributed by atoms with E-state index in [0.717, 1.165) is 18.6 Å². The SMILES string of the molecule is O=[N+]([O-])c1ccccc1CC1COCCC1Br. The fraction of sp³-hybridized carbons (Fsp3) is 0.500. The number of rotatable bonds is 3. The van der Waals surface area contributed by atoms with Crippen molar-refractivity contribution in [2.45, 2.75) is 17.7 Å². The molecule has 1 aromatic rings. The van der Waals surface area contributed by atoms with Crippen LogP contribution >= 0.6 is 15.9 Å². The van der Waals surface area contributed by atoms with Crippen molar-refractivity contribution >= 4 is 21.6 Å². The van der Waals surface area contributed by atoms with E-state index in [1.165, 1.54) is 0 Å². The van der Waals surface area contributed by atoms with E-state index in [2.05, 4.69) is 15.9 Å². The molecule has 0 amide bonds. The lowest BCUT2D eigenvalue weighted by Gasteiger charge is -2.27. The molecule has 5 heteroatoms. The van der Waals surface area contributed by atoms with Crippen molar-refractivity contribution in [3.63, 3.8) is 0 Å². The van der Waals surface area contributed by atoms with Gasteiger partial charge in [0.25, 0.3) is 5.69 Å². The van der Waals surface area contributed by atoms with Crippen LogP contribution in [0.25, 0.3) is 0 Å². The second-order valence-electron chi connectivity index (χ2n) is 4.23. The zero-order chi connectivity index (χ0) is 12.3. The van der Waals surface area contributed by atoms with Gasteiger partial charge in [-0.25, -0.2) is 0 Å². The molecule has 2 rings (SSSR count). The van der Waals surface area contributed by atoms with Gasteiger partial charge in [-0.3, -0.25) is 10.1 Å². The predicted octanol–water partition coefficient (Wildman–Crippen LogP) is 2.94. The lowest BCUT2D eigenvalue weighted by molar-refractivity contribution is -0.385. The summed E-state index contributed by atoms with van der Waals surface area (Å²) in [6, 6.07) is 6.93. The van der Waals surface area contributed by atoms with Crippen molar-refractivity contribution in [1.82, 2.24) is 0 Å². The first kappa shape index (κ1) is 12.5. The number of alkyl halides is 1. The van der Waals surface area contributed by atoms with Crippen LogP contribution in [0.3, 0.4) is 0 Å². The Bertz CT molecular complexity index is 410. The summed E-state index contributed by atoms with van der Waals surface area (Å²) in [6.07, 6.45) is 1.65. The summed E-state index contributed by atoms with van der Waals surface area (Å²) in [5, 5.41) is 10.9. The molecule has 0 aromatic heterocycles. The Morgan fingerprint density at radius 2 is 2.24 bits per heavy atom. The Balaban J connectivity index is 2.14.